The van der Waals surface area contributed by atoms with Crippen molar-refractivity contribution in [1.29, 1.82) is 0 Å². The van der Waals surface area contributed by atoms with Crippen LogP contribution in [0.15, 0.2) is 0 Å². The molecule has 1 aliphatic rings. The normalized spacial score (nSPS) is 23.2. The van der Waals surface area contributed by atoms with Crippen LogP contribution in [0.2, 0.25) is 5.28 Å². The maximum atomic E-state index is 5.96. The summed E-state index contributed by atoms with van der Waals surface area (Å²) in [6.07, 6.45) is 4.93. The van der Waals surface area contributed by atoms with Crippen LogP contribution in [0.5, 0.6) is 0 Å². The van der Waals surface area contributed by atoms with Crippen LogP contribution in [0.3, 0.4) is 0 Å². The first-order valence-corrected chi connectivity index (χ1v) is 7.36. The van der Waals surface area contributed by atoms with Crippen LogP contribution in [0.4, 0.5) is 11.9 Å². The molecule has 19 heavy (non-hydrogen) atoms. The molecule has 0 radical (unpaired) electrons. The molecule has 0 unspecified atom stereocenters. The molecule has 0 amide bonds. The molecule has 6 heteroatoms. The summed E-state index contributed by atoms with van der Waals surface area (Å²) in [6, 6.07) is 0.504. The molecule has 0 atom stereocenters. The Balaban J connectivity index is 2.11. The minimum absolute atomic E-state index is 0.247. The number of nitrogens with zero attached hydrogens (tertiary/aromatic N) is 4. The Morgan fingerprint density at radius 1 is 1.21 bits per heavy atom. The van der Waals surface area contributed by atoms with Crippen molar-refractivity contribution >= 4 is 23.5 Å². The molecule has 0 spiro atoms. The number of rotatable bonds is 4. The van der Waals surface area contributed by atoms with E-state index in [2.05, 4.69) is 32.1 Å². The fourth-order valence-electron chi connectivity index (χ4n) is 2.53. The number of aromatic nitrogens is 3. The number of hydrogen-bond acceptors (Lipinski definition) is 5. The topological polar surface area (TPSA) is 53.9 Å². The number of halogens is 1. The van der Waals surface area contributed by atoms with Gasteiger partial charge in [-0.3, -0.25) is 0 Å². The first kappa shape index (κ1) is 14.3. The Morgan fingerprint density at radius 3 is 2.53 bits per heavy atom. The van der Waals surface area contributed by atoms with Crippen molar-refractivity contribution in [2.45, 2.75) is 45.6 Å². The molecular formula is C13H22ClN5. The highest BCUT2D eigenvalue weighted by Crippen LogP contribution is 2.28. The van der Waals surface area contributed by atoms with E-state index in [9.17, 15) is 0 Å². The average molecular weight is 284 g/mol. The Morgan fingerprint density at radius 2 is 1.89 bits per heavy atom. The molecule has 1 aromatic heterocycles. The fourth-order valence-corrected chi connectivity index (χ4v) is 2.68. The molecule has 106 valence electrons. The van der Waals surface area contributed by atoms with Crippen molar-refractivity contribution in [3.63, 3.8) is 0 Å². The molecule has 1 N–H and O–H groups in total. The summed E-state index contributed by atoms with van der Waals surface area (Å²) < 4.78 is 0. The Hall–Kier alpha value is -1.10. The van der Waals surface area contributed by atoms with Crippen LogP contribution in [0, 0.1) is 5.92 Å². The second-order valence-corrected chi connectivity index (χ2v) is 5.62. The lowest BCUT2D eigenvalue weighted by Crippen LogP contribution is -2.36. The molecule has 0 bridgehead atoms. The predicted octanol–water partition coefficient (Wildman–Crippen LogP) is 2.97. The van der Waals surface area contributed by atoms with E-state index in [0.29, 0.717) is 17.9 Å². The molecule has 1 aliphatic carbocycles. The van der Waals surface area contributed by atoms with Gasteiger partial charge in [-0.05, 0) is 50.1 Å². The van der Waals surface area contributed by atoms with E-state index in [1.54, 1.807) is 0 Å². The summed E-state index contributed by atoms with van der Waals surface area (Å²) in [5.74, 6) is 2.05. The number of nitrogens with one attached hydrogen (secondary N) is 1. The van der Waals surface area contributed by atoms with Crippen molar-refractivity contribution in [3.8, 4) is 0 Å². The molecule has 0 saturated heterocycles. The van der Waals surface area contributed by atoms with E-state index in [4.69, 9.17) is 11.6 Å². The molecule has 1 aromatic rings. The summed E-state index contributed by atoms with van der Waals surface area (Å²) in [5, 5.41) is 3.33. The van der Waals surface area contributed by atoms with E-state index < -0.39 is 0 Å². The molecule has 1 fully saturated rings. The van der Waals surface area contributed by atoms with Gasteiger partial charge >= 0.3 is 0 Å². The largest absolute Gasteiger partial charge is 0.354 e. The molecule has 2 rings (SSSR count). The second-order valence-electron chi connectivity index (χ2n) is 5.28. The third kappa shape index (κ3) is 3.69. The summed E-state index contributed by atoms with van der Waals surface area (Å²) in [6.45, 7) is 5.09. The number of hydrogen-bond donors (Lipinski definition) is 1. The maximum Gasteiger partial charge on any atom is 0.231 e. The second kappa shape index (κ2) is 6.37. The van der Waals surface area contributed by atoms with E-state index in [0.717, 1.165) is 12.5 Å². The predicted molar refractivity (Wildman–Crippen MR) is 78.8 cm³/mol. The van der Waals surface area contributed by atoms with Gasteiger partial charge in [0.25, 0.3) is 0 Å². The van der Waals surface area contributed by atoms with Crippen molar-refractivity contribution in [2.75, 3.05) is 23.8 Å². The summed E-state index contributed by atoms with van der Waals surface area (Å²) in [4.78, 5) is 14.9. The van der Waals surface area contributed by atoms with Crippen LogP contribution >= 0.6 is 11.6 Å². The van der Waals surface area contributed by atoms with Gasteiger partial charge in [0.1, 0.15) is 0 Å². The van der Waals surface area contributed by atoms with E-state index in [1.165, 1.54) is 25.7 Å². The lowest BCUT2D eigenvalue weighted by atomic mass is 9.87. The molecular weight excluding hydrogens is 262 g/mol. The minimum Gasteiger partial charge on any atom is -0.354 e. The monoisotopic (exact) mass is 283 g/mol. The van der Waals surface area contributed by atoms with Gasteiger partial charge in [-0.25, -0.2) is 0 Å². The average Bonchev–Trinajstić information content (AvgIpc) is 2.38. The lowest BCUT2D eigenvalue weighted by molar-refractivity contribution is 0.339. The number of anilines is 2. The van der Waals surface area contributed by atoms with Gasteiger partial charge in [-0.1, -0.05) is 6.92 Å². The molecule has 1 saturated carbocycles. The Labute approximate surface area is 119 Å². The van der Waals surface area contributed by atoms with Gasteiger partial charge in [0.15, 0.2) is 0 Å². The molecule has 0 aliphatic heterocycles. The first-order valence-electron chi connectivity index (χ1n) is 6.98. The molecule has 0 aromatic carbocycles. The standard InChI is InChI=1S/C13H22ClN5/c1-4-15-12-16-11(14)17-13(18-12)19(3)10-7-5-9(2)6-8-10/h9-10H,4-8H2,1-3H3,(H,15,16,17,18). The highest BCUT2D eigenvalue weighted by atomic mass is 35.5. The van der Waals surface area contributed by atoms with Crippen LogP contribution in [0.25, 0.3) is 0 Å². The third-order valence-corrected chi connectivity index (χ3v) is 3.95. The van der Waals surface area contributed by atoms with Crippen molar-refractivity contribution in [2.24, 2.45) is 5.92 Å². The van der Waals surface area contributed by atoms with Crippen molar-refractivity contribution in [3.05, 3.63) is 5.28 Å². The maximum absolute atomic E-state index is 5.96. The third-order valence-electron chi connectivity index (χ3n) is 3.78. The van der Waals surface area contributed by atoms with Crippen LogP contribution in [-0.2, 0) is 0 Å². The summed E-state index contributed by atoms with van der Waals surface area (Å²) >= 11 is 5.96. The van der Waals surface area contributed by atoms with E-state index >= 15 is 0 Å². The summed E-state index contributed by atoms with van der Waals surface area (Å²) in [7, 11) is 2.04. The zero-order valence-electron chi connectivity index (χ0n) is 11.9. The Bertz CT molecular complexity index is 417. The van der Waals surface area contributed by atoms with E-state index in [1.807, 2.05) is 14.0 Å². The van der Waals surface area contributed by atoms with Gasteiger partial charge in [0.05, 0.1) is 0 Å². The smallest absolute Gasteiger partial charge is 0.231 e. The minimum atomic E-state index is 0.247. The van der Waals surface area contributed by atoms with Gasteiger partial charge in [-0.2, -0.15) is 15.0 Å². The quantitative estimate of drug-likeness (QED) is 0.921. The SMILES string of the molecule is CCNc1nc(Cl)nc(N(C)C2CCC(C)CC2)n1. The van der Waals surface area contributed by atoms with Gasteiger partial charge in [0, 0.05) is 19.6 Å². The Kier molecular flexibility index (Phi) is 4.80. The van der Waals surface area contributed by atoms with E-state index in [-0.39, 0.29) is 5.28 Å². The summed E-state index contributed by atoms with van der Waals surface area (Å²) in [5.41, 5.74) is 0. The van der Waals surface area contributed by atoms with Crippen molar-refractivity contribution < 1.29 is 0 Å². The van der Waals surface area contributed by atoms with Crippen LogP contribution in [0.1, 0.15) is 39.5 Å². The molecule has 5 nitrogen and oxygen atoms in total. The highest BCUT2D eigenvalue weighted by molar-refractivity contribution is 6.28. The fraction of sp³-hybridized carbons (Fsp3) is 0.769. The van der Waals surface area contributed by atoms with Gasteiger partial charge in [0.2, 0.25) is 17.2 Å². The molecule has 1 heterocycles. The van der Waals surface area contributed by atoms with Crippen molar-refractivity contribution in [1.82, 2.24) is 15.0 Å². The van der Waals surface area contributed by atoms with Crippen LogP contribution in [-0.4, -0.2) is 34.6 Å². The van der Waals surface area contributed by atoms with Crippen LogP contribution < -0.4 is 10.2 Å². The first-order chi connectivity index (χ1) is 9.10. The zero-order chi connectivity index (χ0) is 13.8. The highest BCUT2D eigenvalue weighted by Gasteiger charge is 2.23. The van der Waals surface area contributed by atoms with Gasteiger partial charge < -0.3 is 10.2 Å². The lowest BCUT2D eigenvalue weighted by Gasteiger charge is -2.33. The zero-order valence-corrected chi connectivity index (χ0v) is 12.6. The van der Waals surface area contributed by atoms with Gasteiger partial charge in [-0.15, -0.1) is 0 Å².